The van der Waals surface area contributed by atoms with E-state index in [-0.39, 0.29) is 24.0 Å². The van der Waals surface area contributed by atoms with Crippen LogP contribution in [-0.4, -0.2) is 58.3 Å². The number of amides is 1. The van der Waals surface area contributed by atoms with Crippen LogP contribution in [0.5, 0.6) is 5.88 Å². The predicted molar refractivity (Wildman–Crippen MR) is 84.8 cm³/mol. The predicted octanol–water partition coefficient (Wildman–Crippen LogP) is 2.06. The Labute approximate surface area is 145 Å². The third-order valence-electron chi connectivity index (χ3n) is 3.26. The third-order valence-corrected chi connectivity index (χ3v) is 3.47. The first kappa shape index (κ1) is 18.3. The van der Waals surface area contributed by atoms with E-state index in [4.69, 9.17) is 25.8 Å². The van der Waals surface area contributed by atoms with Crippen LogP contribution in [-0.2, 0) is 14.3 Å². The maximum absolute atomic E-state index is 12.3. The van der Waals surface area contributed by atoms with Crippen molar-refractivity contribution in [3.05, 3.63) is 17.5 Å². The molecule has 2 heterocycles. The van der Waals surface area contributed by atoms with E-state index < -0.39 is 29.8 Å². The van der Waals surface area contributed by atoms with Crippen LogP contribution in [0, 0.1) is 0 Å². The summed E-state index contributed by atoms with van der Waals surface area (Å²) in [7, 11) is 1.27. The van der Waals surface area contributed by atoms with E-state index in [1.807, 2.05) is 0 Å². The number of carbonyl (C=O) groups excluding carboxylic acids is 2. The van der Waals surface area contributed by atoms with Crippen molar-refractivity contribution in [2.75, 3.05) is 13.7 Å². The van der Waals surface area contributed by atoms with Gasteiger partial charge in [0.2, 0.25) is 5.88 Å². The number of methoxy groups -OCH3 is 1. The molecular weight excluding hydrogens is 338 g/mol. The van der Waals surface area contributed by atoms with Gasteiger partial charge in [-0.3, -0.25) is 4.90 Å². The summed E-state index contributed by atoms with van der Waals surface area (Å²) in [5.74, 6) is -0.248. The minimum absolute atomic E-state index is 0.177. The summed E-state index contributed by atoms with van der Waals surface area (Å²) in [6, 6.07) is 0.692. The second-order valence-corrected chi connectivity index (χ2v) is 6.71. The number of ether oxygens (including phenoxy) is 3. The highest BCUT2D eigenvalue weighted by Crippen LogP contribution is 2.25. The van der Waals surface area contributed by atoms with Crippen LogP contribution in [0.25, 0.3) is 0 Å². The number of hydrogen-bond donors (Lipinski definition) is 0. The molecule has 1 aromatic rings. The molecule has 0 aromatic carbocycles. The van der Waals surface area contributed by atoms with Gasteiger partial charge in [-0.1, -0.05) is 11.6 Å². The summed E-state index contributed by atoms with van der Waals surface area (Å²) in [6.07, 6.45) is 0.515. The van der Waals surface area contributed by atoms with Gasteiger partial charge < -0.3 is 14.2 Å². The SMILES string of the molecule is COC(=O)[C@@H]1C[C@H](Oc2cc(Cl)ncn2)CN1C(=O)OC(C)(C)C. The van der Waals surface area contributed by atoms with Crippen molar-refractivity contribution in [1.82, 2.24) is 14.9 Å². The largest absolute Gasteiger partial charge is 0.472 e. The number of esters is 1. The maximum atomic E-state index is 12.3. The van der Waals surface area contributed by atoms with E-state index in [0.29, 0.717) is 0 Å². The van der Waals surface area contributed by atoms with Crippen molar-refractivity contribution in [3.8, 4) is 5.88 Å². The molecule has 9 heteroatoms. The molecule has 1 saturated heterocycles. The molecular formula is C15H20ClN3O5. The lowest BCUT2D eigenvalue weighted by atomic mass is 10.2. The second kappa shape index (κ2) is 7.21. The molecule has 0 saturated carbocycles. The second-order valence-electron chi connectivity index (χ2n) is 6.33. The fourth-order valence-corrected chi connectivity index (χ4v) is 2.45. The van der Waals surface area contributed by atoms with Crippen LogP contribution in [0.3, 0.4) is 0 Å². The molecule has 8 nitrogen and oxygen atoms in total. The number of carbonyl (C=O) groups is 2. The van der Waals surface area contributed by atoms with E-state index in [2.05, 4.69) is 9.97 Å². The molecule has 0 N–H and O–H groups in total. The maximum Gasteiger partial charge on any atom is 0.411 e. The lowest BCUT2D eigenvalue weighted by molar-refractivity contribution is -0.145. The summed E-state index contributed by atoms with van der Waals surface area (Å²) in [5.41, 5.74) is -0.670. The zero-order chi connectivity index (χ0) is 17.9. The summed E-state index contributed by atoms with van der Waals surface area (Å²) >= 11 is 5.79. The van der Waals surface area contributed by atoms with Gasteiger partial charge in [-0.25, -0.2) is 19.6 Å². The smallest absolute Gasteiger partial charge is 0.411 e. The highest BCUT2D eigenvalue weighted by Gasteiger charge is 2.43. The van der Waals surface area contributed by atoms with E-state index >= 15 is 0 Å². The van der Waals surface area contributed by atoms with Gasteiger partial charge in [0, 0.05) is 12.5 Å². The first-order valence-corrected chi connectivity index (χ1v) is 7.79. The number of nitrogens with zero attached hydrogens (tertiary/aromatic N) is 3. The van der Waals surface area contributed by atoms with Crippen LogP contribution < -0.4 is 4.74 Å². The van der Waals surface area contributed by atoms with Crippen molar-refractivity contribution in [2.24, 2.45) is 0 Å². The molecule has 1 aromatic heterocycles. The van der Waals surface area contributed by atoms with E-state index in [9.17, 15) is 9.59 Å². The summed E-state index contributed by atoms with van der Waals surface area (Å²) in [5, 5.41) is 0.242. The Morgan fingerprint density at radius 3 is 2.62 bits per heavy atom. The molecule has 1 amide bonds. The summed E-state index contributed by atoms with van der Waals surface area (Å²) < 4.78 is 15.8. The molecule has 0 unspecified atom stereocenters. The Hall–Kier alpha value is -2.09. The van der Waals surface area contributed by atoms with Gasteiger partial charge in [0.05, 0.1) is 13.7 Å². The van der Waals surface area contributed by atoms with Crippen LogP contribution in [0.1, 0.15) is 27.2 Å². The van der Waals surface area contributed by atoms with Crippen molar-refractivity contribution in [1.29, 1.82) is 0 Å². The van der Waals surface area contributed by atoms with Crippen molar-refractivity contribution in [2.45, 2.75) is 44.9 Å². The minimum Gasteiger partial charge on any atom is -0.472 e. The van der Waals surface area contributed by atoms with Gasteiger partial charge in [0.25, 0.3) is 0 Å². The van der Waals surface area contributed by atoms with Gasteiger partial charge in [-0.2, -0.15) is 0 Å². The third kappa shape index (κ3) is 4.70. The van der Waals surface area contributed by atoms with Crippen molar-refractivity contribution >= 4 is 23.7 Å². The number of rotatable bonds is 3. The molecule has 2 rings (SSSR count). The molecule has 132 valence electrons. The number of likely N-dealkylation sites (tertiary alicyclic amines) is 1. The lowest BCUT2D eigenvalue weighted by Crippen LogP contribution is -2.44. The normalized spacial score (nSPS) is 20.6. The Bertz CT molecular complexity index is 619. The Morgan fingerprint density at radius 1 is 1.33 bits per heavy atom. The molecule has 0 radical (unpaired) electrons. The zero-order valence-corrected chi connectivity index (χ0v) is 14.7. The molecule has 0 aliphatic carbocycles. The molecule has 1 fully saturated rings. The van der Waals surface area contributed by atoms with Crippen LogP contribution in [0.2, 0.25) is 5.15 Å². The van der Waals surface area contributed by atoms with Crippen LogP contribution in [0.4, 0.5) is 4.79 Å². The van der Waals surface area contributed by atoms with E-state index in [1.54, 1.807) is 20.8 Å². The zero-order valence-electron chi connectivity index (χ0n) is 14.0. The van der Waals surface area contributed by atoms with E-state index in [1.165, 1.54) is 24.4 Å². The fraction of sp³-hybridized carbons (Fsp3) is 0.600. The number of hydrogen-bond acceptors (Lipinski definition) is 7. The fourth-order valence-electron chi connectivity index (χ4n) is 2.32. The first-order chi connectivity index (χ1) is 11.2. The summed E-state index contributed by atoms with van der Waals surface area (Å²) in [4.78, 5) is 33.3. The Kier molecular flexibility index (Phi) is 5.48. The van der Waals surface area contributed by atoms with Gasteiger partial charge in [0.1, 0.15) is 29.2 Å². The molecule has 0 spiro atoms. The van der Waals surface area contributed by atoms with Gasteiger partial charge in [-0.05, 0) is 20.8 Å². The number of aromatic nitrogens is 2. The van der Waals surface area contributed by atoms with E-state index in [0.717, 1.165) is 0 Å². The Balaban J connectivity index is 2.11. The van der Waals surface area contributed by atoms with Crippen molar-refractivity contribution in [3.63, 3.8) is 0 Å². The molecule has 0 bridgehead atoms. The van der Waals surface area contributed by atoms with Gasteiger partial charge >= 0.3 is 12.1 Å². The molecule has 2 atom stereocenters. The molecule has 1 aliphatic rings. The highest BCUT2D eigenvalue weighted by molar-refractivity contribution is 6.29. The average Bonchev–Trinajstić information content (AvgIpc) is 2.88. The highest BCUT2D eigenvalue weighted by atomic mass is 35.5. The van der Waals surface area contributed by atoms with Crippen LogP contribution in [0.15, 0.2) is 12.4 Å². The summed E-state index contributed by atoms with van der Waals surface area (Å²) in [6.45, 7) is 5.44. The van der Waals surface area contributed by atoms with Gasteiger partial charge in [-0.15, -0.1) is 0 Å². The standard InChI is InChI=1S/C15H20ClN3O5/c1-15(2,3)24-14(21)19-7-9(5-10(19)13(20)22-4)23-12-6-11(16)17-8-18-12/h6,8-10H,5,7H2,1-4H3/t9-,10-/m0/s1. The van der Waals surface area contributed by atoms with Crippen molar-refractivity contribution < 1.29 is 23.8 Å². The molecule has 24 heavy (non-hydrogen) atoms. The monoisotopic (exact) mass is 357 g/mol. The topological polar surface area (TPSA) is 90.9 Å². The average molecular weight is 358 g/mol. The first-order valence-electron chi connectivity index (χ1n) is 7.41. The number of halogens is 1. The quantitative estimate of drug-likeness (QED) is 0.604. The van der Waals surface area contributed by atoms with Crippen LogP contribution >= 0.6 is 11.6 Å². The Morgan fingerprint density at radius 2 is 2.04 bits per heavy atom. The van der Waals surface area contributed by atoms with Gasteiger partial charge in [0.15, 0.2) is 0 Å². The minimum atomic E-state index is -0.771. The molecule has 1 aliphatic heterocycles. The lowest BCUT2D eigenvalue weighted by Gasteiger charge is -2.27.